The highest BCUT2D eigenvalue weighted by Crippen LogP contribution is 2.41. The molecule has 1 atom stereocenters. The molecule has 0 aromatic heterocycles. The average molecular weight is 287 g/mol. The molecule has 0 radical (unpaired) electrons. The summed E-state index contributed by atoms with van der Waals surface area (Å²) < 4.78 is 11.7. The molecule has 2 heterocycles. The third kappa shape index (κ3) is 2.36. The van der Waals surface area contributed by atoms with Crippen LogP contribution in [0.4, 0.5) is 5.69 Å². The molecule has 1 saturated heterocycles. The van der Waals surface area contributed by atoms with Crippen molar-refractivity contribution in [2.24, 2.45) is 0 Å². The van der Waals surface area contributed by atoms with E-state index in [2.05, 4.69) is 36.1 Å². The highest BCUT2D eigenvalue weighted by Gasteiger charge is 2.42. The molecule has 1 saturated carbocycles. The van der Waals surface area contributed by atoms with Crippen LogP contribution in [0.1, 0.15) is 44.6 Å². The predicted molar refractivity (Wildman–Crippen MR) is 83.6 cm³/mol. The van der Waals surface area contributed by atoms with Crippen LogP contribution in [-0.2, 0) is 15.9 Å². The lowest BCUT2D eigenvalue weighted by atomic mass is 9.85. The number of hydrogen-bond donors (Lipinski definition) is 0. The van der Waals surface area contributed by atoms with E-state index in [0.717, 1.165) is 26.1 Å². The van der Waals surface area contributed by atoms with Crippen molar-refractivity contribution in [2.75, 3.05) is 18.1 Å². The third-order valence-electron chi connectivity index (χ3n) is 5.50. The molecule has 3 aliphatic rings. The van der Waals surface area contributed by atoms with Gasteiger partial charge in [0.2, 0.25) is 0 Å². The van der Waals surface area contributed by atoms with Gasteiger partial charge in [-0.05, 0) is 44.2 Å². The van der Waals surface area contributed by atoms with Crippen molar-refractivity contribution in [2.45, 2.75) is 63.3 Å². The van der Waals surface area contributed by atoms with Crippen molar-refractivity contribution >= 4 is 5.69 Å². The number of rotatable bonds is 1. The quantitative estimate of drug-likeness (QED) is 0.789. The number of ether oxygens (including phenoxy) is 2. The molecule has 0 amide bonds. The van der Waals surface area contributed by atoms with Gasteiger partial charge in [-0.25, -0.2) is 0 Å². The smallest absolute Gasteiger partial charge is 0.168 e. The van der Waals surface area contributed by atoms with Gasteiger partial charge in [0.1, 0.15) is 0 Å². The van der Waals surface area contributed by atoms with E-state index in [1.807, 2.05) is 0 Å². The first-order valence-corrected chi connectivity index (χ1v) is 8.42. The van der Waals surface area contributed by atoms with E-state index in [0.29, 0.717) is 12.1 Å². The van der Waals surface area contributed by atoms with Crippen molar-refractivity contribution in [3.63, 3.8) is 0 Å². The molecule has 1 unspecified atom stereocenters. The highest BCUT2D eigenvalue weighted by molar-refractivity contribution is 5.57. The van der Waals surface area contributed by atoms with Crippen LogP contribution in [0.2, 0.25) is 0 Å². The maximum atomic E-state index is 5.87. The van der Waals surface area contributed by atoms with Crippen LogP contribution < -0.4 is 4.90 Å². The first-order valence-electron chi connectivity index (χ1n) is 8.42. The van der Waals surface area contributed by atoms with Crippen LogP contribution in [0.15, 0.2) is 24.3 Å². The molecule has 3 heteroatoms. The Balaban J connectivity index is 1.54. The molecule has 0 bridgehead atoms. The van der Waals surface area contributed by atoms with Crippen molar-refractivity contribution in [1.29, 1.82) is 0 Å². The van der Waals surface area contributed by atoms with Gasteiger partial charge in [0, 0.05) is 30.6 Å². The highest BCUT2D eigenvalue weighted by atomic mass is 16.7. The van der Waals surface area contributed by atoms with Crippen LogP contribution in [0, 0.1) is 0 Å². The molecule has 0 N–H and O–H groups in total. The number of hydrogen-bond acceptors (Lipinski definition) is 3. The van der Waals surface area contributed by atoms with Crippen LogP contribution in [0.3, 0.4) is 0 Å². The molecule has 3 nitrogen and oxygen atoms in total. The second-order valence-electron chi connectivity index (χ2n) is 6.76. The normalized spacial score (nSPS) is 28.8. The fourth-order valence-corrected chi connectivity index (χ4v) is 4.38. The number of para-hydroxylation sites is 1. The summed E-state index contributed by atoms with van der Waals surface area (Å²) in [6.07, 6.45) is 6.94. The van der Waals surface area contributed by atoms with E-state index in [1.54, 1.807) is 0 Å². The Bertz CT molecular complexity index is 500. The SMILES string of the molecule is CC1CCc2ccccc2N1C1CCC2(CC1)OCCO2. The molecule has 114 valence electrons. The molecular weight excluding hydrogens is 262 g/mol. The van der Waals surface area contributed by atoms with E-state index in [-0.39, 0.29) is 5.79 Å². The minimum absolute atomic E-state index is 0.241. The molecule has 1 spiro atoms. The van der Waals surface area contributed by atoms with Crippen molar-refractivity contribution in [3.8, 4) is 0 Å². The molecule has 2 fully saturated rings. The predicted octanol–water partition coefficient (Wildman–Crippen LogP) is 3.51. The average Bonchev–Trinajstić information content (AvgIpc) is 2.97. The molecule has 1 aliphatic carbocycles. The maximum absolute atomic E-state index is 5.87. The number of anilines is 1. The van der Waals surface area contributed by atoms with Gasteiger partial charge >= 0.3 is 0 Å². The Morgan fingerprint density at radius 1 is 1.05 bits per heavy atom. The lowest BCUT2D eigenvalue weighted by Gasteiger charge is -2.46. The van der Waals surface area contributed by atoms with E-state index < -0.39 is 0 Å². The van der Waals surface area contributed by atoms with Gasteiger partial charge in [0.25, 0.3) is 0 Å². The summed E-state index contributed by atoms with van der Waals surface area (Å²) in [5.74, 6) is -0.241. The Kier molecular flexibility index (Phi) is 3.43. The zero-order chi connectivity index (χ0) is 14.3. The molecular formula is C18H25NO2. The largest absolute Gasteiger partial charge is 0.366 e. The van der Waals surface area contributed by atoms with Crippen LogP contribution in [0.5, 0.6) is 0 Å². The molecule has 1 aromatic rings. The fourth-order valence-electron chi connectivity index (χ4n) is 4.38. The summed E-state index contributed by atoms with van der Waals surface area (Å²) in [6.45, 7) is 3.92. The van der Waals surface area contributed by atoms with Crippen LogP contribution >= 0.6 is 0 Å². The number of nitrogens with zero attached hydrogens (tertiary/aromatic N) is 1. The van der Waals surface area contributed by atoms with E-state index in [9.17, 15) is 0 Å². The van der Waals surface area contributed by atoms with E-state index in [1.165, 1.54) is 36.9 Å². The number of benzene rings is 1. The minimum Gasteiger partial charge on any atom is -0.366 e. The van der Waals surface area contributed by atoms with Gasteiger partial charge in [-0.1, -0.05) is 18.2 Å². The third-order valence-corrected chi connectivity index (χ3v) is 5.50. The van der Waals surface area contributed by atoms with Crippen molar-refractivity contribution in [1.82, 2.24) is 0 Å². The van der Waals surface area contributed by atoms with E-state index in [4.69, 9.17) is 9.47 Å². The Morgan fingerprint density at radius 2 is 1.76 bits per heavy atom. The van der Waals surface area contributed by atoms with Gasteiger partial charge in [-0.15, -0.1) is 0 Å². The monoisotopic (exact) mass is 287 g/mol. The molecule has 4 rings (SSSR count). The number of aryl methyl sites for hydroxylation is 1. The zero-order valence-corrected chi connectivity index (χ0v) is 12.9. The summed E-state index contributed by atoms with van der Waals surface area (Å²) in [6, 6.07) is 10.2. The maximum Gasteiger partial charge on any atom is 0.168 e. The van der Waals surface area contributed by atoms with Crippen molar-refractivity contribution in [3.05, 3.63) is 29.8 Å². The first kappa shape index (κ1) is 13.6. The second kappa shape index (κ2) is 5.29. The van der Waals surface area contributed by atoms with Gasteiger partial charge in [-0.3, -0.25) is 0 Å². The summed E-state index contributed by atoms with van der Waals surface area (Å²) in [5, 5.41) is 0. The standard InChI is InChI=1S/C18H25NO2/c1-14-6-7-15-4-2-3-5-17(15)19(14)16-8-10-18(11-9-16)20-12-13-21-18/h2-5,14,16H,6-13H2,1H3. The minimum atomic E-state index is -0.241. The summed E-state index contributed by atoms with van der Waals surface area (Å²) in [7, 11) is 0. The summed E-state index contributed by atoms with van der Waals surface area (Å²) >= 11 is 0. The van der Waals surface area contributed by atoms with Gasteiger partial charge in [0.05, 0.1) is 13.2 Å². The lowest BCUT2D eigenvalue weighted by Crippen LogP contribution is -2.49. The molecule has 1 aromatic carbocycles. The first-order chi connectivity index (χ1) is 10.3. The Hall–Kier alpha value is -1.06. The van der Waals surface area contributed by atoms with Crippen LogP contribution in [0.25, 0.3) is 0 Å². The van der Waals surface area contributed by atoms with Gasteiger partial charge < -0.3 is 14.4 Å². The zero-order valence-electron chi connectivity index (χ0n) is 12.9. The number of fused-ring (bicyclic) bond motifs is 1. The summed E-state index contributed by atoms with van der Waals surface area (Å²) in [4.78, 5) is 2.68. The molecule has 21 heavy (non-hydrogen) atoms. The van der Waals surface area contributed by atoms with E-state index >= 15 is 0 Å². The molecule has 2 aliphatic heterocycles. The topological polar surface area (TPSA) is 21.7 Å². The fraction of sp³-hybridized carbons (Fsp3) is 0.667. The second-order valence-corrected chi connectivity index (χ2v) is 6.76. The lowest BCUT2D eigenvalue weighted by molar-refractivity contribution is -0.178. The Morgan fingerprint density at radius 3 is 2.52 bits per heavy atom. The van der Waals surface area contributed by atoms with Crippen molar-refractivity contribution < 1.29 is 9.47 Å². The van der Waals surface area contributed by atoms with Crippen LogP contribution in [-0.4, -0.2) is 31.1 Å². The Labute approximate surface area is 127 Å². The van der Waals surface area contributed by atoms with Gasteiger partial charge in [-0.2, -0.15) is 0 Å². The van der Waals surface area contributed by atoms with Gasteiger partial charge in [0.15, 0.2) is 5.79 Å². The summed E-state index contributed by atoms with van der Waals surface area (Å²) in [5.41, 5.74) is 2.98.